The minimum absolute atomic E-state index is 0.106. The zero-order valence-electron chi connectivity index (χ0n) is 26.6. The van der Waals surface area contributed by atoms with E-state index in [0.717, 1.165) is 83.1 Å². The number of fused-ring (bicyclic) bond motifs is 1. The highest BCUT2D eigenvalue weighted by Crippen LogP contribution is 2.38. The maximum Gasteiger partial charge on any atom is 0.310 e. The number of carbonyl (C=O) groups excluding carboxylic acids is 1. The van der Waals surface area contributed by atoms with Crippen LogP contribution in [0.15, 0.2) is 67.8 Å². The second kappa shape index (κ2) is 13.9. The van der Waals surface area contributed by atoms with E-state index in [1.54, 1.807) is 6.08 Å². The minimum Gasteiger partial charge on any atom is -0.493 e. The Balaban J connectivity index is 1.56. The molecular weight excluding hydrogens is 588 g/mol. The van der Waals surface area contributed by atoms with E-state index in [0.29, 0.717) is 23.9 Å². The van der Waals surface area contributed by atoms with Gasteiger partial charge in [0.2, 0.25) is 0 Å². The largest absolute Gasteiger partial charge is 0.493 e. The molecular formula is C36H41ClN4O4. The summed E-state index contributed by atoms with van der Waals surface area (Å²) in [5.74, 6) is 1.31. The number of hydrogen-bond donors (Lipinski definition) is 0. The van der Waals surface area contributed by atoms with Crippen LogP contribution in [0, 0.1) is 13.8 Å². The van der Waals surface area contributed by atoms with Gasteiger partial charge in [-0.3, -0.25) is 4.79 Å². The van der Waals surface area contributed by atoms with Gasteiger partial charge < -0.3 is 19.1 Å². The van der Waals surface area contributed by atoms with E-state index in [-0.39, 0.29) is 18.0 Å². The van der Waals surface area contributed by atoms with Crippen LogP contribution in [0.3, 0.4) is 0 Å². The Morgan fingerprint density at radius 2 is 1.84 bits per heavy atom. The molecule has 0 unspecified atom stereocenters. The third kappa shape index (κ3) is 7.08. The highest BCUT2D eigenvalue weighted by Gasteiger charge is 2.33. The van der Waals surface area contributed by atoms with Crippen molar-refractivity contribution in [3.8, 4) is 28.1 Å². The number of nitrogens with zero attached hydrogens (tertiary/aromatic N) is 4. The van der Waals surface area contributed by atoms with Crippen LogP contribution in [0.5, 0.6) is 5.75 Å². The van der Waals surface area contributed by atoms with Gasteiger partial charge in [-0.05, 0) is 69.4 Å². The number of carbonyl (C=O) groups is 1. The molecule has 9 heteroatoms. The molecule has 1 saturated heterocycles. The summed E-state index contributed by atoms with van der Waals surface area (Å²) in [6, 6.07) is 14.1. The van der Waals surface area contributed by atoms with Crippen molar-refractivity contribution in [2.24, 2.45) is 0 Å². The molecule has 5 rings (SSSR count). The molecule has 0 bridgehead atoms. The van der Waals surface area contributed by atoms with Crippen LogP contribution in [0.25, 0.3) is 28.0 Å². The predicted molar refractivity (Wildman–Crippen MR) is 180 cm³/mol. The second-order valence-electron chi connectivity index (χ2n) is 11.7. The van der Waals surface area contributed by atoms with Gasteiger partial charge >= 0.3 is 5.97 Å². The van der Waals surface area contributed by atoms with Gasteiger partial charge in [0, 0.05) is 46.6 Å². The van der Waals surface area contributed by atoms with Crippen molar-refractivity contribution in [2.75, 3.05) is 38.3 Å². The minimum atomic E-state index is -0.320. The molecule has 0 saturated carbocycles. The van der Waals surface area contributed by atoms with Crippen molar-refractivity contribution < 1.29 is 19.0 Å². The van der Waals surface area contributed by atoms with Gasteiger partial charge in [-0.25, -0.2) is 4.98 Å². The molecule has 0 radical (unpaired) electrons. The Hall–Kier alpha value is -4.14. The molecule has 0 spiro atoms. The number of ether oxygens (including phenoxy) is 3. The average Bonchev–Trinajstić information content (AvgIpc) is 3.46. The summed E-state index contributed by atoms with van der Waals surface area (Å²) in [5.41, 5.74) is 6.57. The SMILES string of the molecule is C=CCCOc1cc(C)c(Cl)cc1-c1cccc(-c2cc3nc(C)c(CC(=O)OC)c(N4CCC(C)(OCC=C)CC4)n3n2)c1. The lowest BCUT2D eigenvalue weighted by Gasteiger charge is -2.40. The zero-order valence-corrected chi connectivity index (χ0v) is 27.3. The van der Waals surface area contributed by atoms with Crippen LogP contribution in [0.2, 0.25) is 5.02 Å². The summed E-state index contributed by atoms with van der Waals surface area (Å²) >= 11 is 6.57. The highest BCUT2D eigenvalue weighted by molar-refractivity contribution is 6.31. The third-order valence-corrected chi connectivity index (χ3v) is 8.82. The Morgan fingerprint density at radius 3 is 2.56 bits per heavy atom. The highest BCUT2D eigenvalue weighted by atomic mass is 35.5. The number of rotatable bonds is 12. The molecule has 2 aromatic heterocycles. The monoisotopic (exact) mass is 628 g/mol. The van der Waals surface area contributed by atoms with Gasteiger partial charge in [0.15, 0.2) is 5.65 Å². The van der Waals surface area contributed by atoms with E-state index in [1.807, 2.05) is 60.8 Å². The van der Waals surface area contributed by atoms with Crippen LogP contribution in [0.1, 0.15) is 43.0 Å². The van der Waals surface area contributed by atoms with Crippen molar-refractivity contribution in [2.45, 2.75) is 52.1 Å². The maximum atomic E-state index is 12.5. The first kappa shape index (κ1) is 32.3. The molecule has 4 aromatic rings. The van der Waals surface area contributed by atoms with Gasteiger partial charge in [-0.15, -0.1) is 13.2 Å². The third-order valence-electron chi connectivity index (χ3n) is 8.41. The standard InChI is InChI=1S/C36H41ClN4O4/c1-7-9-18-44-32-19-24(3)30(37)21-29(32)26-11-10-12-27(20-26)31-23-33-38-25(4)28(22-34(42)43-6)35(41(33)39-31)40-15-13-36(5,14-16-40)45-17-8-2/h7-8,10-12,19-21,23H,1-2,9,13-18,22H2,3-6H3. The van der Waals surface area contributed by atoms with Crippen molar-refractivity contribution in [1.82, 2.24) is 14.6 Å². The maximum absolute atomic E-state index is 12.5. The molecule has 0 aliphatic carbocycles. The summed E-state index contributed by atoms with van der Waals surface area (Å²) in [6.45, 7) is 16.2. The van der Waals surface area contributed by atoms with Crippen LogP contribution in [0.4, 0.5) is 5.82 Å². The molecule has 45 heavy (non-hydrogen) atoms. The van der Waals surface area contributed by atoms with Crippen LogP contribution >= 0.6 is 11.6 Å². The first-order valence-electron chi connectivity index (χ1n) is 15.3. The summed E-state index contributed by atoms with van der Waals surface area (Å²) in [4.78, 5) is 19.7. The van der Waals surface area contributed by atoms with E-state index in [1.165, 1.54) is 7.11 Å². The van der Waals surface area contributed by atoms with Gasteiger partial charge in [-0.1, -0.05) is 42.0 Å². The number of benzene rings is 2. The fourth-order valence-corrected chi connectivity index (χ4v) is 5.88. The molecule has 8 nitrogen and oxygen atoms in total. The Kier molecular flexibility index (Phi) is 9.95. The molecule has 3 heterocycles. The number of halogens is 1. The van der Waals surface area contributed by atoms with Crippen molar-refractivity contribution in [1.29, 1.82) is 0 Å². The van der Waals surface area contributed by atoms with E-state index in [9.17, 15) is 4.79 Å². The van der Waals surface area contributed by atoms with Crippen molar-refractivity contribution in [3.05, 3.63) is 89.6 Å². The fourth-order valence-electron chi connectivity index (χ4n) is 5.72. The molecule has 1 aliphatic rings. The lowest BCUT2D eigenvalue weighted by atomic mass is 9.93. The van der Waals surface area contributed by atoms with Gasteiger partial charge in [0.25, 0.3) is 0 Å². The number of esters is 1. The first-order valence-corrected chi connectivity index (χ1v) is 15.6. The van der Waals surface area contributed by atoms with Crippen LogP contribution < -0.4 is 9.64 Å². The second-order valence-corrected chi connectivity index (χ2v) is 12.1. The number of anilines is 1. The van der Waals surface area contributed by atoms with Crippen LogP contribution in [-0.4, -0.2) is 59.6 Å². The molecule has 2 aromatic carbocycles. The Labute approximate surface area is 270 Å². The van der Waals surface area contributed by atoms with Crippen molar-refractivity contribution in [3.63, 3.8) is 0 Å². The molecule has 1 fully saturated rings. The predicted octanol–water partition coefficient (Wildman–Crippen LogP) is 7.57. The Morgan fingerprint density at radius 1 is 1.09 bits per heavy atom. The number of aromatic nitrogens is 3. The zero-order chi connectivity index (χ0) is 32.1. The van der Waals surface area contributed by atoms with E-state index in [2.05, 4.69) is 31.0 Å². The molecule has 1 aliphatic heterocycles. The quantitative estimate of drug-likeness (QED) is 0.0910. The lowest BCUT2D eigenvalue weighted by molar-refractivity contribution is -0.139. The smallest absolute Gasteiger partial charge is 0.310 e. The molecule has 0 amide bonds. The summed E-state index contributed by atoms with van der Waals surface area (Å²) in [7, 11) is 1.41. The first-order chi connectivity index (χ1) is 21.7. The Bertz CT molecular complexity index is 1720. The van der Waals surface area contributed by atoms with Gasteiger partial charge in [-0.2, -0.15) is 9.61 Å². The number of hydrogen-bond acceptors (Lipinski definition) is 7. The number of aryl methyl sites for hydroxylation is 2. The van der Waals surface area contributed by atoms with Gasteiger partial charge in [0.05, 0.1) is 38.0 Å². The number of methoxy groups -OCH3 is 1. The van der Waals surface area contributed by atoms with E-state index in [4.69, 9.17) is 35.9 Å². The molecule has 0 atom stereocenters. The topological polar surface area (TPSA) is 78.2 Å². The molecule has 0 N–H and O–H groups in total. The van der Waals surface area contributed by atoms with E-state index >= 15 is 0 Å². The van der Waals surface area contributed by atoms with E-state index < -0.39 is 0 Å². The normalized spacial score (nSPS) is 14.4. The molecule has 236 valence electrons. The van der Waals surface area contributed by atoms with Gasteiger partial charge in [0.1, 0.15) is 11.6 Å². The van der Waals surface area contributed by atoms with Crippen LogP contribution in [-0.2, 0) is 20.7 Å². The summed E-state index contributed by atoms with van der Waals surface area (Å²) in [5, 5.41) is 5.75. The summed E-state index contributed by atoms with van der Waals surface area (Å²) < 4.78 is 19.2. The summed E-state index contributed by atoms with van der Waals surface area (Å²) in [6.07, 6.45) is 6.13. The average molecular weight is 629 g/mol. The fraction of sp³-hybridized carbons (Fsp3) is 0.361. The lowest BCUT2D eigenvalue weighted by Crippen LogP contribution is -2.45. The van der Waals surface area contributed by atoms with Crippen molar-refractivity contribution >= 4 is 29.0 Å². The number of piperidine rings is 1.